The molecule has 4 nitrogen and oxygen atoms in total. The third kappa shape index (κ3) is 5.65. The maximum absolute atomic E-state index is 5.29. The van der Waals surface area contributed by atoms with Gasteiger partial charge in [0, 0.05) is 49.9 Å². The first-order valence-corrected chi connectivity index (χ1v) is 16.2. The van der Waals surface area contributed by atoms with Crippen molar-refractivity contribution < 1.29 is 16.5 Å². The van der Waals surface area contributed by atoms with Crippen molar-refractivity contribution in [3.05, 3.63) is 174 Å². The Morgan fingerprint density at radius 1 is 0.429 bits per heavy atom. The van der Waals surface area contributed by atoms with Gasteiger partial charge in [-0.25, -0.2) is 9.97 Å². The summed E-state index contributed by atoms with van der Waals surface area (Å²) in [5.41, 5.74) is 15.4. The van der Waals surface area contributed by atoms with E-state index in [1.165, 1.54) is 0 Å². The molecule has 0 saturated carbocycles. The molecular formula is C44H30N4Ni. The number of aromatic nitrogens is 4. The molecule has 49 heavy (non-hydrogen) atoms. The van der Waals surface area contributed by atoms with Crippen LogP contribution in [0.3, 0.4) is 0 Å². The molecule has 0 radical (unpaired) electrons. The molecule has 0 spiro atoms. The molecule has 5 heterocycles. The molecule has 5 heteroatoms. The summed E-state index contributed by atoms with van der Waals surface area (Å²) in [6.07, 6.45) is 8.44. The van der Waals surface area contributed by atoms with E-state index in [0.717, 1.165) is 83.9 Å². The Labute approximate surface area is 294 Å². The quantitative estimate of drug-likeness (QED) is 0.189. The van der Waals surface area contributed by atoms with E-state index in [0.29, 0.717) is 0 Å². The summed E-state index contributed by atoms with van der Waals surface area (Å²) in [4.78, 5) is 13.9. The van der Waals surface area contributed by atoms with Crippen LogP contribution in [-0.4, -0.2) is 19.5 Å². The number of benzene rings is 4. The average molecular weight is 673 g/mol. The zero-order chi connectivity index (χ0) is 31.9. The van der Waals surface area contributed by atoms with Crippen molar-refractivity contribution in [1.29, 1.82) is 0 Å². The fourth-order valence-corrected chi connectivity index (χ4v) is 6.81. The normalized spacial score (nSPS) is 11.8. The number of hydrogen-bond acceptors (Lipinski definition) is 2. The average Bonchev–Trinajstić information content (AvgIpc) is 3.95. The zero-order valence-electron chi connectivity index (χ0n) is 26.4. The van der Waals surface area contributed by atoms with E-state index in [1.807, 2.05) is 0 Å². The van der Waals surface area contributed by atoms with Gasteiger partial charge in [0.2, 0.25) is 0 Å². The van der Waals surface area contributed by atoms with E-state index in [1.54, 1.807) is 0 Å². The molecule has 8 bridgehead atoms. The van der Waals surface area contributed by atoms with Crippen molar-refractivity contribution in [2.75, 3.05) is 0 Å². The topological polar surface area (TPSA) is 46.5 Å². The number of hydrogen-bond donors (Lipinski definition) is 1. The van der Waals surface area contributed by atoms with Crippen LogP contribution in [0.15, 0.2) is 152 Å². The van der Waals surface area contributed by atoms with Crippen LogP contribution in [-0.2, 0) is 16.5 Å². The number of nitrogens with one attached hydrogen (secondary N) is 1. The Kier molecular flexibility index (Phi) is 7.97. The molecule has 3 aromatic heterocycles. The molecule has 0 fully saturated rings. The van der Waals surface area contributed by atoms with Gasteiger partial charge >= 0.3 is 0 Å². The predicted molar refractivity (Wildman–Crippen MR) is 200 cm³/mol. The Bertz CT molecular complexity index is 2530. The molecule has 4 aromatic carbocycles. The van der Waals surface area contributed by atoms with Gasteiger partial charge in [-0.05, 0) is 83.5 Å². The summed E-state index contributed by atoms with van der Waals surface area (Å²) in [6.45, 7) is 0. The summed E-state index contributed by atoms with van der Waals surface area (Å²) >= 11 is 0. The van der Waals surface area contributed by atoms with Crippen molar-refractivity contribution in [2.24, 2.45) is 0 Å². The maximum atomic E-state index is 5.29. The summed E-state index contributed by atoms with van der Waals surface area (Å²) < 4.78 is 2.41. The molecule has 2 aliphatic rings. The molecule has 0 amide bonds. The monoisotopic (exact) mass is 672 g/mol. The van der Waals surface area contributed by atoms with Crippen molar-refractivity contribution in [3.8, 4) is 39.1 Å². The van der Waals surface area contributed by atoms with E-state index >= 15 is 0 Å². The van der Waals surface area contributed by atoms with Crippen LogP contribution in [0, 0.1) is 0 Å². The van der Waals surface area contributed by atoms with Gasteiger partial charge in [-0.1, -0.05) is 109 Å². The molecular weight excluding hydrogens is 643 g/mol. The van der Waals surface area contributed by atoms with Crippen LogP contribution < -0.4 is 0 Å². The first-order chi connectivity index (χ1) is 23.8. The van der Waals surface area contributed by atoms with E-state index in [9.17, 15) is 0 Å². The second kappa shape index (κ2) is 12.9. The van der Waals surface area contributed by atoms with Gasteiger partial charge in [-0.2, -0.15) is 0 Å². The third-order valence-corrected chi connectivity index (χ3v) is 8.87. The number of rotatable bonds is 4. The molecule has 1 N–H and O–H groups in total. The maximum Gasteiger partial charge on any atom is 0.0737 e. The van der Waals surface area contributed by atoms with Crippen LogP contribution >= 0.6 is 0 Å². The summed E-state index contributed by atoms with van der Waals surface area (Å²) in [5.74, 6) is 0. The van der Waals surface area contributed by atoms with Crippen molar-refractivity contribution >= 4 is 46.4 Å². The van der Waals surface area contributed by atoms with E-state index in [-0.39, 0.29) is 16.5 Å². The number of para-hydroxylation sites is 1. The molecule has 0 atom stereocenters. The van der Waals surface area contributed by atoms with E-state index in [2.05, 4.69) is 186 Å². The second-order valence-corrected chi connectivity index (χ2v) is 12.0. The van der Waals surface area contributed by atoms with Crippen LogP contribution in [0.25, 0.3) is 85.4 Å². The minimum atomic E-state index is 0. The number of aromatic amines is 1. The van der Waals surface area contributed by atoms with Crippen molar-refractivity contribution in [1.82, 2.24) is 19.5 Å². The fraction of sp³-hybridized carbons (Fsp3) is 0. The van der Waals surface area contributed by atoms with Gasteiger partial charge in [0.25, 0.3) is 0 Å². The van der Waals surface area contributed by atoms with Crippen LogP contribution in [0.1, 0.15) is 22.8 Å². The van der Waals surface area contributed by atoms with E-state index in [4.69, 9.17) is 9.97 Å². The SMILES string of the molecule is C1=Cc2cc3c(-c4ccccc4)c(-c4ccccc4)c(c(-c4ccccc4)c4nc(cc5ccc(cc1n2)[nH]5)C=C4)n3-c1ccccc1.[Ni]. The van der Waals surface area contributed by atoms with Gasteiger partial charge in [-0.3, -0.25) is 0 Å². The summed E-state index contributed by atoms with van der Waals surface area (Å²) in [6, 6.07) is 53.3. The minimum Gasteiger partial charge on any atom is -0.355 e. The molecule has 7 aromatic rings. The Morgan fingerprint density at radius 2 is 0.898 bits per heavy atom. The molecule has 9 rings (SSSR count). The van der Waals surface area contributed by atoms with Gasteiger partial charge in [0.1, 0.15) is 0 Å². The van der Waals surface area contributed by atoms with Gasteiger partial charge in [0.15, 0.2) is 0 Å². The largest absolute Gasteiger partial charge is 0.355 e. The number of H-pyrrole nitrogens is 1. The van der Waals surface area contributed by atoms with Crippen LogP contribution in [0.2, 0.25) is 0 Å². The first-order valence-electron chi connectivity index (χ1n) is 16.2. The second-order valence-electron chi connectivity index (χ2n) is 12.0. The Balaban J connectivity index is 0.00000348. The van der Waals surface area contributed by atoms with E-state index < -0.39 is 0 Å². The summed E-state index contributed by atoms with van der Waals surface area (Å²) in [7, 11) is 0. The van der Waals surface area contributed by atoms with Gasteiger partial charge in [-0.15, -0.1) is 0 Å². The van der Waals surface area contributed by atoms with Gasteiger partial charge < -0.3 is 9.55 Å². The molecule has 236 valence electrons. The molecule has 0 unspecified atom stereocenters. The third-order valence-electron chi connectivity index (χ3n) is 8.87. The first kappa shape index (κ1) is 30.3. The molecule has 0 aliphatic carbocycles. The van der Waals surface area contributed by atoms with Crippen LogP contribution in [0.5, 0.6) is 0 Å². The smallest absolute Gasteiger partial charge is 0.0737 e. The predicted octanol–water partition coefficient (Wildman–Crippen LogP) is 11.1. The zero-order valence-corrected chi connectivity index (χ0v) is 27.4. The fourth-order valence-electron chi connectivity index (χ4n) is 6.81. The standard InChI is InChI=1S/C44H30N4.Ni/c1-5-13-30(14-6-1)41-39-26-25-36(47-39)28-35-22-21-33(45-35)27-34-23-24-37(46-34)29-40-42(31-15-7-2-8-16-31)43(32-17-9-3-10-18-32)44(41)48(40)38-19-11-4-12-20-38;/h1-29,45H;. The van der Waals surface area contributed by atoms with Crippen molar-refractivity contribution in [3.63, 3.8) is 0 Å². The summed E-state index contributed by atoms with van der Waals surface area (Å²) in [5, 5.41) is 0. The van der Waals surface area contributed by atoms with Crippen LogP contribution in [0.4, 0.5) is 0 Å². The Morgan fingerprint density at radius 3 is 1.49 bits per heavy atom. The molecule has 0 saturated heterocycles. The van der Waals surface area contributed by atoms with Gasteiger partial charge in [0.05, 0.1) is 33.8 Å². The number of nitrogens with zero attached hydrogens (tertiary/aromatic N) is 3. The minimum absolute atomic E-state index is 0. The molecule has 2 aliphatic heterocycles. The van der Waals surface area contributed by atoms with Crippen molar-refractivity contribution in [2.45, 2.75) is 0 Å². The Hall–Kier alpha value is -6.03. The number of fused-ring (bicyclic) bond motifs is 8.